The van der Waals surface area contributed by atoms with Crippen molar-refractivity contribution in [3.63, 3.8) is 0 Å². The summed E-state index contributed by atoms with van der Waals surface area (Å²) >= 11 is 1.65. The van der Waals surface area contributed by atoms with Crippen molar-refractivity contribution in [1.29, 1.82) is 0 Å². The lowest BCUT2D eigenvalue weighted by Crippen LogP contribution is -2.47. The molecule has 0 bridgehead atoms. The highest BCUT2D eigenvalue weighted by Gasteiger charge is 2.22. The maximum Gasteiger partial charge on any atom is 0.251 e. The summed E-state index contributed by atoms with van der Waals surface area (Å²) < 4.78 is 0. The first-order chi connectivity index (χ1) is 18.5. The van der Waals surface area contributed by atoms with Gasteiger partial charge in [0.1, 0.15) is 5.82 Å². The van der Waals surface area contributed by atoms with Gasteiger partial charge in [-0.25, -0.2) is 9.97 Å². The van der Waals surface area contributed by atoms with E-state index in [0.29, 0.717) is 5.92 Å². The molecule has 1 aromatic heterocycles. The van der Waals surface area contributed by atoms with Gasteiger partial charge in [-0.15, -0.1) is 0 Å². The van der Waals surface area contributed by atoms with Crippen molar-refractivity contribution in [3.05, 3.63) is 88.6 Å². The van der Waals surface area contributed by atoms with Gasteiger partial charge in [0.2, 0.25) is 0 Å². The average molecular weight is 528 g/mol. The molecule has 5 rings (SSSR count). The summed E-state index contributed by atoms with van der Waals surface area (Å²) in [5.74, 6) is 2.53. The molecular formula is C31H37N5OS. The Morgan fingerprint density at radius 2 is 1.74 bits per heavy atom. The average Bonchev–Trinajstić information content (AvgIpc) is 3.78. The Kier molecular flexibility index (Phi) is 8.76. The van der Waals surface area contributed by atoms with E-state index < -0.39 is 0 Å². The third-order valence-electron chi connectivity index (χ3n) is 7.32. The standard InChI is InChI=1S/C31H37N5OS/c1-23-24(2)33-31(38-22-27-12-14-28(15-13-27)30(37)32-21-26-10-11-26)34-29(23)36-19-17-35(18-20-36)16-6-9-25-7-4-3-5-8-25/h3-9,12-15,26H,10-11,16-22H2,1-2H3,(H,32,37)/b9-6+. The molecule has 38 heavy (non-hydrogen) atoms. The van der Waals surface area contributed by atoms with Crippen molar-refractivity contribution in [1.82, 2.24) is 20.2 Å². The van der Waals surface area contributed by atoms with Gasteiger partial charge < -0.3 is 10.2 Å². The molecule has 0 spiro atoms. The normalized spacial score (nSPS) is 16.2. The SMILES string of the molecule is Cc1nc(SCc2ccc(C(=O)NCC3CC3)cc2)nc(N2CCN(C/C=C/c3ccccc3)CC2)c1C. The highest BCUT2D eigenvalue weighted by Crippen LogP contribution is 2.28. The van der Waals surface area contributed by atoms with Gasteiger partial charge in [0.15, 0.2) is 5.16 Å². The van der Waals surface area contributed by atoms with Crippen LogP contribution < -0.4 is 10.2 Å². The quantitative estimate of drug-likeness (QED) is 0.283. The van der Waals surface area contributed by atoms with Crippen LogP contribution in [0.4, 0.5) is 5.82 Å². The molecule has 1 aliphatic carbocycles. The van der Waals surface area contributed by atoms with Crippen LogP contribution in [0.5, 0.6) is 0 Å². The Hall–Kier alpha value is -3.16. The van der Waals surface area contributed by atoms with Crippen molar-refractivity contribution < 1.29 is 4.79 Å². The molecule has 3 aromatic rings. The molecular weight excluding hydrogens is 490 g/mol. The van der Waals surface area contributed by atoms with Crippen LogP contribution in [0, 0.1) is 19.8 Å². The maximum absolute atomic E-state index is 12.3. The third kappa shape index (κ3) is 7.23. The second kappa shape index (κ2) is 12.6. The Morgan fingerprint density at radius 1 is 1.00 bits per heavy atom. The van der Waals surface area contributed by atoms with E-state index in [1.807, 2.05) is 30.3 Å². The van der Waals surface area contributed by atoms with E-state index in [-0.39, 0.29) is 5.91 Å². The van der Waals surface area contributed by atoms with Gasteiger partial charge in [-0.05, 0) is 55.9 Å². The first kappa shape index (κ1) is 26.4. The molecule has 1 saturated carbocycles. The molecule has 1 saturated heterocycles. The van der Waals surface area contributed by atoms with Gasteiger partial charge in [0, 0.05) is 61.8 Å². The minimum absolute atomic E-state index is 0.0190. The molecule has 2 fully saturated rings. The second-order valence-corrected chi connectivity index (χ2v) is 11.2. The van der Waals surface area contributed by atoms with E-state index in [9.17, 15) is 4.79 Å². The monoisotopic (exact) mass is 527 g/mol. The Labute approximate surface area is 230 Å². The molecule has 2 aliphatic rings. The van der Waals surface area contributed by atoms with Crippen LogP contribution in [0.15, 0.2) is 65.8 Å². The number of nitrogens with one attached hydrogen (secondary N) is 1. The van der Waals surface area contributed by atoms with Gasteiger partial charge in [-0.2, -0.15) is 0 Å². The van der Waals surface area contributed by atoms with E-state index in [2.05, 4.69) is 65.4 Å². The van der Waals surface area contributed by atoms with E-state index in [4.69, 9.17) is 9.97 Å². The highest BCUT2D eigenvalue weighted by molar-refractivity contribution is 7.98. The zero-order valence-electron chi connectivity index (χ0n) is 22.4. The second-order valence-electron chi connectivity index (χ2n) is 10.3. The van der Waals surface area contributed by atoms with Gasteiger partial charge >= 0.3 is 0 Å². The zero-order valence-corrected chi connectivity index (χ0v) is 23.2. The van der Waals surface area contributed by atoms with Gasteiger partial charge in [-0.1, -0.05) is 66.4 Å². The van der Waals surface area contributed by atoms with Crippen LogP contribution in [-0.4, -0.2) is 60.0 Å². The number of rotatable bonds is 10. The Morgan fingerprint density at radius 3 is 2.45 bits per heavy atom. The van der Waals surface area contributed by atoms with Crippen LogP contribution in [0.1, 0.15) is 45.6 Å². The highest BCUT2D eigenvalue weighted by atomic mass is 32.2. The Balaban J connectivity index is 1.14. The topological polar surface area (TPSA) is 61.4 Å². The summed E-state index contributed by atoms with van der Waals surface area (Å²) in [6.45, 7) is 9.92. The number of benzene rings is 2. The molecule has 7 heteroatoms. The van der Waals surface area contributed by atoms with Crippen molar-refractivity contribution >= 4 is 29.6 Å². The molecule has 2 heterocycles. The first-order valence-corrected chi connectivity index (χ1v) is 14.6. The zero-order chi connectivity index (χ0) is 26.3. The lowest BCUT2D eigenvalue weighted by molar-refractivity contribution is 0.0952. The molecule has 2 aromatic carbocycles. The van der Waals surface area contributed by atoms with Crippen LogP contribution in [-0.2, 0) is 5.75 Å². The van der Waals surface area contributed by atoms with Crippen molar-refractivity contribution in [2.24, 2.45) is 5.92 Å². The number of carbonyl (C=O) groups excluding carboxylic acids is 1. The molecule has 1 amide bonds. The van der Waals surface area contributed by atoms with Crippen molar-refractivity contribution in [2.75, 3.05) is 44.2 Å². The summed E-state index contributed by atoms with van der Waals surface area (Å²) in [5, 5.41) is 3.84. The smallest absolute Gasteiger partial charge is 0.251 e. The van der Waals surface area contributed by atoms with Crippen molar-refractivity contribution in [2.45, 2.75) is 37.6 Å². The largest absolute Gasteiger partial charge is 0.354 e. The number of thioether (sulfide) groups is 1. The van der Waals surface area contributed by atoms with E-state index in [1.54, 1.807) is 11.8 Å². The summed E-state index contributed by atoms with van der Waals surface area (Å²) in [4.78, 5) is 26.9. The first-order valence-electron chi connectivity index (χ1n) is 13.6. The number of hydrogen-bond acceptors (Lipinski definition) is 6. The van der Waals surface area contributed by atoms with E-state index >= 15 is 0 Å². The van der Waals surface area contributed by atoms with Crippen LogP contribution >= 0.6 is 11.8 Å². The lowest BCUT2D eigenvalue weighted by atomic mass is 10.1. The van der Waals surface area contributed by atoms with E-state index in [0.717, 1.165) is 78.4 Å². The molecule has 1 aliphatic heterocycles. The molecule has 6 nitrogen and oxygen atoms in total. The fourth-order valence-corrected chi connectivity index (χ4v) is 5.41. The predicted molar refractivity (Wildman–Crippen MR) is 157 cm³/mol. The fraction of sp³-hybridized carbons (Fsp3) is 0.387. The molecule has 0 atom stereocenters. The predicted octanol–water partition coefficient (Wildman–Crippen LogP) is 5.36. The third-order valence-corrected chi connectivity index (χ3v) is 8.24. The lowest BCUT2D eigenvalue weighted by Gasteiger charge is -2.35. The number of aryl methyl sites for hydroxylation is 1. The van der Waals surface area contributed by atoms with Crippen LogP contribution in [0.3, 0.4) is 0 Å². The Bertz CT molecular complexity index is 1250. The minimum Gasteiger partial charge on any atom is -0.354 e. The summed E-state index contributed by atoms with van der Waals surface area (Å²) in [7, 11) is 0. The van der Waals surface area contributed by atoms with Gasteiger partial charge in [-0.3, -0.25) is 9.69 Å². The molecule has 0 unspecified atom stereocenters. The number of carbonyl (C=O) groups is 1. The van der Waals surface area contributed by atoms with Gasteiger partial charge in [0.05, 0.1) is 0 Å². The number of hydrogen-bond donors (Lipinski definition) is 1. The van der Waals surface area contributed by atoms with Gasteiger partial charge in [0.25, 0.3) is 5.91 Å². The summed E-state index contributed by atoms with van der Waals surface area (Å²) in [6.07, 6.45) is 6.93. The number of nitrogens with zero attached hydrogens (tertiary/aromatic N) is 4. The van der Waals surface area contributed by atoms with Crippen molar-refractivity contribution in [3.8, 4) is 0 Å². The number of amides is 1. The minimum atomic E-state index is 0.0190. The van der Waals surface area contributed by atoms with Crippen LogP contribution in [0.25, 0.3) is 6.08 Å². The number of piperazine rings is 1. The number of aromatic nitrogens is 2. The summed E-state index contributed by atoms with van der Waals surface area (Å²) in [5.41, 5.74) is 5.32. The summed E-state index contributed by atoms with van der Waals surface area (Å²) in [6, 6.07) is 18.4. The molecule has 0 radical (unpaired) electrons. The number of anilines is 1. The molecule has 1 N–H and O–H groups in total. The van der Waals surface area contributed by atoms with Crippen LogP contribution in [0.2, 0.25) is 0 Å². The molecule has 198 valence electrons. The fourth-order valence-electron chi connectivity index (χ4n) is 4.57. The van der Waals surface area contributed by atoms with E-state index in [1.165, 1.54) is 18.4 Å². The maximum atomic E-state index is 12.3.